The monoisotopic (exact) mass is 294 g/mol. The first-order valence-corrected chi connectivity index (χ1v) is 6.66. The quantitative estimate of drug-likeness (QED) is 0.585. The zero-order chi connectivity index (χ0) is 15.5. The van der Waals surface area contributed by atoms with Gasteiger partial charge in [0.15, 0.2) is 17.3 Å². The maximum atomic E-state index is 12.2. The predicted molar refractivity (Wildman–Crippen MR) is 84.3 cm³/mol. The molecule has 0 bridgehead atoms. The lowest BCUT2D eigenvalue weighted by Crippen LogP contribution is -2.15. The van der Waals surface area contributed by atoms with Gasteiger partial charge in [0.1, 0.15) is 5.69 Å². The number of H-pyrrole nitrogens is 1. The summed E-state index contributed by atoms with van der Waals surface area (Å²) >= 11 is 0. The van der Waals surface area contributed by atoms with Gasteiger partial charge < -0.3 is 9.88 Å². The third-order valence-electron chi connectivity index (χ3n) is 2.92. The van der Waals surface area contributed by atoms with E-state index in [9.17, 15) is 4.79 Å². The average Bonchev–Trinajstić information content (AvgIpc) is 2.53. The minimum absolute atomic E-state index is 0.288. The highest BCUT2D eigenvalue weighted by Crippen LogP contribution is 2.25. The molecule has 2 aliphatic heterocycles. The molecular formula is C15H14N6O. The standard InChI is InChI=1S/C15H14N6O/c1-21(2)9-18-13-12-14(17-8-16-13)20-15(22)11(19-12)10-6-4-3-5-7-10/h3-9H,1-2H3,(H,16,17,20,22). The second kappa shape index (κ2) is 5.72. The minimum Gasteiger partial charge on any atom is -0.369 e. The Bertz CT molecular complexity index is 840. The van der Waals surface area contributed by atoms with Crippen molar-refractivity contribution in [2.45, 2.75) is 0 Å². The summed E-state index contributed by atoms with van der Waals surface area (Å²) in [6, 6.07) is 9.22. The number of hydrogen-bond donors (Lipinski definition) is 1. The summed E-state index contributed by atoms with van der Waals surface area (Å²) in [6.07, 6.45) is 3.07. The predicted octanol–water partition coefficient (Wildman–Crippen LogP) is 1.55. The zero-order valence-corrected chi connectivity index (χ0v) is 12.2. The van der Waals surface area contributed by atoms with Gasteiger partial charge in [-0.1, -0.05) is 30.3 Å². The second-order valence-corrected chi connectivity index (χ2v) is 4.87. The Morgan fingerprint density at radius 1 is 1.14 bits per heavy atom. The Kier molecular flexibility index (Phi) is 3.61. The van der Waals surface area contributed by atoms with Crippen molar-refractivity contribution >= 4 is 12.2 Å². The number of hydrogen-bond acceptors (Lipinski definition) is 5. The molecule has 0 atom stereocenters. The van der Waals surface area contributed by atoms with E-state index in [1.165, 1.54) is 6.33 Å². The van der Waals surface area contributed by atoms with Gasteiger partial charge >= 0.3 is 0 Å². The third kappa shape index (κ3) is 2.69. The molecule has 0 amide bonds. The van der Waals surface area contributed by atoms with Crippen LogP contribution in [0.4, 0.5) is 5.82 Å². The van der Waals surface area contributed by atoms with Crippen molar-refractivity contribution in [3.63, 3.8) is 0 Å². The minimum atomic E-state index is -0.385. The van der Waals surface area contributed by atoms with Crippen LogP contribution in [0.1, 0.15) is 0 Å². The van der Waals surface area contributed by atoms with Crippen molar-refractivity contribution in [1.82, 2.24) is 24.8 Å². The molecule has 0 aromatic heterocycles. The second-order valence-electron chi connectivity index (χ2n) is 4.87. The molecule has 0 saturated carbocycles. The molecule has 7 nitrogen and oxygen atoms in total. The van der Waals surface area contributed by atoms with E-state index in [1.54, 1.807) is 11.2 Å². The van der Waals surface area contributed by atoms with Gasteiger partial charge in [-0.15, -0.1) is 0 Å². The van der Waals surface area contributed by atoms with Crippen molar-refractivity contribution < 1.29 is 0 Å². The molecule has 0 radical (unpaired) electrons. The SMILES string of the molecule is CN(C)C=Nc1nc[nH]c2nc(=O)c(-c3ccccc3)nc1-2. The molecule has 2 aliphatic rings. The molecule has 1 N–H and O–H groups in total. The first-order valence-electron chi connectivity index (χ1n) is 6.66. The van der Waals surface area contributed by atoms with Crippen molar-refractivity contribution in [3.8, 4) is 22.8 Å². The Morgan fingerprint density at radius 3 is 2.64 bits per heavy atom. The van der Waals surface area contributed by atoms with Crippen LogP contribution in [-0.2, 0) is 0 Å². The highest BCUT2D eigenvalue weighted by atomic mass is 16.1. The number of aliphatic imine (C=N–C) groups is 1. The summed E-state index contributed by atoms with van der Waals surface area (Å²) in [5.41, 5.74) is 1.08. The normalized spacial score (nSPS) is 11.2. The van der Waals surface area contributed by atoms with Gasteiger partial charge in [-0.05, 0) is 0 Å². The number of rotatable bonds is 3. The van der Waals surface area contributed by atoms with Crippen molar-refractivity contribution in [2.75, 3.05) is 14.1 Å². The Hall–Kier alpha value is -3.09. The van der Waals surface area contributed by atoms with Crippen molar-refractivity contribution in [2.24, 2.45) is 4.99 Å². The lowest BCUT2D eigenvalue weighted by Gasteiger charge is -2.08. The van der Waals surface area contributed by atoms with Gasteiger partial charge in [-0.2, -0.15) is 4.98 Å². The van der Waals surface area contributed by atoms with Crippen LogP contribution in [0.25, 0.3) is 22.8 Å². The van der Waals surface area contributed by atoms with E-state index in [-0.39, 0.29) is 11.3 Å². The van der Waals surface area contributed by atoms with E-state index in [0.717, 1.165) is 0 Å². The van der Waals surface area contributed by atoms with Crippen molar-refractivity contribution in [3.05, 3.63) is 47.0 Å². The molecule has 22 heavy (non-hydrogen) atoms. The highest BCUT2D eigenvalue weighted by Gasteiger charge is 2.17. The van der Waals surface area contributed by atoms with Crippen molar-refractivity contribution in [1.29, 1.82) is 0 Å². The average molecular weight is 294 g/mol. The molecule has 2 heterocycles. The molecule has 1 aromatic carbocycles. The smallest absolute Gasteiger partial charge is 0.298 e. The van der Waals surface area contributed by atoms with Gasteiger partial charge in [0, 0.05) is 19.7 Å². The maximum absolute atomic E-state index is 12.2. The molecule has 0 spiro atoms. The Labute approximate surface area is 126 Å². The molecule has 110 valence electrons. The summed E-state index contributed by atoms with van der Waals surface area (Å²) in [7, 11) is 3.72. The van der Waals surface area contributed by atoms with E-state index in [0.29, 0.717) is 22.9 Å². The van der Waals surface area contributed by atoms with E-state index < -0.39 is 0 Å². The molecule has 1 aromatic rings. The fourth-order valence-electron chi connectivity index (χ4n) is 1.94. The van der Waals surface area contributed by atoms with Gasteiger partial charge in [-0.25, -0.2) is 15.0 Å². The number of nitrogens with zero attached hydrogens (tertiary/aromatic N) is 5. The largest absolute Gasteiger partial charge is 0.369 e. The van der Waals surface area contributed by atoms with E-state index in [1.807, 2.05) is 44.4 Å². The van der Waals surface area contributed by atoms with Crippen LogP contribution in [0.3, 0.4) is 0 Å². The van der Waals surface area contributed by atoms with Crippen LogP contribution in [0.2, 0.25) is 0 Å². The fourth-order valence-corrected chi connectivity index (χ4v) is 1.94. The third-order valence-corrected chi connectivity index (χ3v) is 2.92. The maximum Gasteiger partial charge on any atom is 0.298 e. The lowest BCUT2D eigenvalue weighted by atomic mass is 10.1. The zero-order valence-electron chi connectivity index (χ0n) is 12.2. The summed E-state index contributed by atoms with van der Waals surface area (Å²) in [5, 5.41) is 0. The summed E-state index contributed by atoms with van der Waals surface area (Å²) in [4.78, 5) is 33.6. The van der Waals surface area contributed by atoms with E-state index in [4.69, 9.17) is 0 Å². The molecule has 7 heteroatoms. The Balaban J connectivity index is 2.20. The van der Waals surface area contributed by atoms with Crippen LogP contribution in [-0.4, -0.2) is 45.3 Å². The lowest BCUT2D eigenvalue weighted by molar-refractivity contribution is 0.643. The summed E-state index contributed by atoms with van der Waals surface area (Å²) < 4.78 is 0. The first kappa shape index (κ1) is 13.9. The van der Waals surface area contributed by atoms with Crippen LogP contribution in [0.5, 0.6) is 0 Å². The van der Waals surface area contributed by atoms with Crippen LogP contribution >= 0.6 is 0 Å². The molecule has 0 aliphatic carbocycles. The van der Waals surface area contributed by atoms with Crippen LogP contribution in [0.15, 0.2) is 46.4 Å². The Morgan fingerprint density at radius 2 is 1.91 bits per heavy atom. The molecule has 0 fully saturated rings. The van der Waals surface area contributed by atoms with Crippen LogP contribution in [0, 0.1) is 0 Å². The van der Waals surface area contributed by atoms with Crippen LogP contribution < -0.4 is 5.56 Å². The first-order chi connectivity index (χ1) is 10.6. The van der Waals surface area contributed by atoms with Gasteiger partial charge in [0.05, 0.1) is 12.7 Å². The number of aromatic amines is 1. The number of aromatic nitrogens is 4. The number of fused-ring (bicyclic) bond motifs is 1. The topological polar surface area (TPSA) is 87.1 Å². The summed E-state index contributed by atoms with van der Waals surface area (Å²) in [5.74, 6) is 0.776. The van der Waals surface area contributed by atoms with Gasteiger partial charge in [0.25, 0.3) is 5.56 Å². The highest BCUT2D eigenvalue weighted by molar-refractivity contribution is 5.72. The molecular weight excluding hydrogens is 280 g/mol. The number of benzene rings is 1. The fraction of sp³-hybridized carbons (Fsp3) is 0.133. The van der Waals surface area contributed by atoms with E-state index >= 15 is 0 Å². The molecule has 3 rings (SSSR count). The summed E-state index contributed by atoms with van der Waals surface area (Å²) in [6.45, 7) is 0. The van der Waals surface area contributed by atoms with Gasteiger partial charge in [0.2, 0.25) is 0 Å². The van der Waals surface area contributed by atoms with Gasteiger partial charge in [-0.3, -0.25) is 4.79 Å². The molecule has 0 saturated heterocycles. The molecule has 0 unspecified atom stereocenters. The number of nitrogens with one attached hydrogen (secondary N) is 1. The van der Waals surface area contributed by atoms with E-state index in [2.05, 4.69) is 24.9 Å².